The van der Waals surface area contributed by atoms with Gasteiger partial charge in [-0.05, 0) is 18.6 Å². The molecule has 0 aliphatic carbocycles. The largest absolute Gasteiger partial charge is 0.385 e. The summed E-state index contributed by atoms with van der Waals surface area (Å²) in [5, 5.41) is 0.466. The number of halogens is 1. The van der Waals surface area contributed by atoms with Crippen LogP contribution in [-0.2, 0) is 9.47 Å². The molecule has 0 amide bonds. The Morgan fingerprint density at radius 2 is 2.06 bits per heavy atom. The number of carbonyl (C=O) groups excluding carboxylic acids is 1. The maximum Gasteiger partial charge on any atom is 0.189 e. The SMILES string of the molecule is COCCCOCC(=O)c1ccccc1Cl. The van der Waals surface area contributed by atoms with Crippen LogP contribution in [0.15, 0.2) is 24.3 Å². The molecule has 0 bridgehead atoms. The van der Waals surface area contributed by atoms with E-state index in [1.165, 1.54) is 0 Å². The number of hydrogen-bond acceptors (Lipinski definition) is 3. The number of hydrogen-bond donors (Lipinski definition) is 0. The quantitative estimate of drug-likeness (QED) is 0.545. The molecule has 0 unspecified atom stereocenters. The first-order chi connectivity index (χ1) is 7.75. The first kappa shape index (κ1) is 13.2. The molecule has 0 N–H and O–H groups in total. The summed E-state index contributed by atoms with van der Waals surface area (Å²) in [6.45, 7) is 1.22. The Bertz CT molecular complexity index is 339. The zero-order valence-electron chi connectivity index (χ0n) is 9.24. The Hall–Kier alpha value is -0.900. The Morgan fingerprint density at radius 3 is 2.75 bits per heavy atom. The van der Waals surface area contributed by atoms with E-state index in [9.17, 15) is 4.79 Å². The van der Waals surface area contributed by atoms with Crippen molar-refractivity contribution in [2.24, 2.45) is 0 Å². The number of ether oxygens (including phenoxy) is 2. The molecule has 0 heterocycles. The molecule has 88 valence electrons. The normalized spacial score (nSPS) is 10.4. The zero-order valence-corrected chi connectivity index (χ0v) is 10.00. The smallest absolute Gasteiger partial charge is 0.189 e. The van der Waals surface area contributed by atoms with E-state index in [1.807, 2.05) is 0 Å². The lowest BCUT2D eigenvalue weighted by molar-refractivity contribution is 0.0705. The highest BCUT2D eigenvalue weighted by atomic mass is 35.5. The van der Waals surface area contributed by atoms with Crippen LogP contribution in [-0.4, -0.2) is 32.7 Å². The summed E-state index contributed by atoms with van der Waals surface area (Å²) in [5.74, 6) is -0.0944. The van der Waals surface area contributed by atoms with Gasteiger partial charge in [-0.25, -0.2) is 0 Å². The lowest BCUT2D eigenvalue weighted by atomic mass is 10.1. The third kappa shape index (κ3) is 4.31. The summed E-state index contributed by atoms with van der Waals surface area (Å²) in [4.78, 5) is 11.7. The van der Waals surface area contributed by atoms with E-state index >= 15 is 0 Å². The highest BCUT2D eigenvalue weighted by Gasteiger charge is 2.09. The number of Topliss-reactive ketones (excluding diaryl/α,β-unsaturated/α-hetero) is 1. The Kier molecular flexibility index (Phi) is 6.08. The standard InChI is InChI=1S/C12H15ClO3/c1-15-7-4-8-16-9-12(14)10-5-2-3-6-11(10)13/h2-3,5-6H,4,7-9H2,1H3. The Morgan fingerprint density at radius 1 is 1.31 bits per heavy atom. The molecular formula is C12H15ClO3. The molecule has 3 nitrogen and oxygen atoms in total. The summed E-state index contributed by atoms with van der Waals surface area (Å²) in [7, 11) is 1.63. The van der Waals surface area contributed by atoms with Gasteiger partial charge in [-0.2, -0.15) is 0 Å². The Balaban J connectivity index is 2.33. The van der Waals surface area contributed by atoms with Crippen LogP contribution in [0.4, 0.5) is 0 Å². The highest BCUT2D eigenvalue weighted by Crippen LogP contribution is 2.15. The van der Waals surface area contributed by atoms with E-state index in [0.29, 0.717) is 23.8 Å². The molecule has 0 radical (unpaired) electrons. The first-order valence-corrected chi connectivity index (χ1v) is 5.48. The van der Waals surface area contributed by atoms with Crippen LogP contribution in [0.2, 0.25) is 5.02 Å². The third-order valence-electron chi connectivity index (χ3n) is 2.04. The molecule has 1 aromatic carbocycles. The minimum absolute atomic E-state index is 0.0629. The molecule has 4 heteroatoms. The van der Waals surface area contributed by atoms with E-state index < -0.39 is 0 Å². The van der Waals surface area contributed by atoms with Crippen LogP contribution < -0.4 is 0 Å². The molecule has 0 fully saturated rings. The van der Waals surface area contributed by atoms with Crippen molar-refractivity contribution in [2.45, 2.75) is 6.42 Å². The minimum Gasteiger partial charge on any atom is -0.385 e. The minimum atomic E-state index is -0.0944. The summed E-state index contributed by atoms with van der Waals surface area (Å²) in [5.41, 5.74) is 0.510. The monoisotopic (exact) mass is 242 g/mol. The molecule has 0 aromatic heterocycles. The van der Waals surface area contributed by atoms with Crippen LogP contribution in [0.25, 0.3) is 0 Å². The van der Waals surface area contributed by atoms with Crippen LogP contribution in [0.1, 0.15) is 16.8 Å². The fourth-order valence-corrected chi connectivity index (χ4v) is 1.48. The summed E-state index contributed by atoms with van der Waals surface area (Å²) in [6.07, 6.45) is 0.784. The summed E-state index contributed by atoms with van der Waals surface area (Å²) < 4.78 is 10.1. The van der Waals surface area contributed by atoms with Crippen LogP contribution in [0.5, 0.6) is 0 Å². The van der Waals surface area contributed by atoms with Gasteiger partial charge in [-0.3, -0.25) is 4.79 Å². The van der Waals surface area contributed by atoms with Crippen molar-refractivity contribution in [1.82, 2.24) is 0 Å². The first-order valence-electron chi connectivity index (χ1n) is 5.10. The van der Waals surface area contributed by atoms with Crippen molar-refractivity contribution in [1.29, 1.82) is 0 Å². The fourth-order valence-electron chi connectivity index (χ4n) is 1.24. The second-order valence-corrected chi connectivity index (χ2v) is 3.71. The number of carbonyl (C=O) groups is 1. The molecule has 0 spiro atoms. The third-order valence-corrected chi connectivity index (χ3v) is 2.37. The van der Waals surface area contributed by atoms with E-state index in [4.69, 9.17) is 21.1 Å². The second kappa shape index (κ2) is 7.39. The van der Waals surface area contributed by atoms with Gasteiger partial charge in [0, 0.05) is 25.9 Å². The van der Waals surface area contributed by atoms with Gasteiger partial charge in [0.05, 0.1) is 5.02 Å². The number of ketones is 1. The second-order valence-electron chi connectivity index (χ2n) is 3.30. The number of benzene rings is 1. The fraction of sp³-hybridized carbons (Fsp3) is 0.417. The van der Waals surface area contributed by atoms with Crippen LogP contribution in [0, 0.1) is 0 Å². The van der Waals surface area contributed by atoms with Gasteiger partial charge < -0.3 is 9.47 Å². The van der Waals surface area contributed by atoms with Crippen molar-refractivity contribution < 1.29 is 14.3 Å². The molecule has 0 saturated carbocycles. The highest BCUT2D eigenvalue weighted by molar-refractivity contribution is 6.34. The summed E-state index contributed by atoms with van der Waals surface area (Å²) >= 11 is 5.89. The van der Waals surface area contributed by atoms with Crippen LogP contribution in [0.3, 0.4) is 0 Å². The molecule has 0 aliphatic heterocycles. The topological polar surface area (TPSA) is 35.5 Å². The average molecular weight is 243 g/mol. The van der Waals surface area contributed by atoms with Crippen molar-refractivity contribution in [3.8, 4) is 0 Å². The lowest BCUT2D eigenvalue weighted by Crippen LogP contribution is -2.11. The molecule has 0 aliphatic rings. The van der Waals surface area contributed by atoms with E-state index in [1.54, 1.807) is 31.4 Å². The number of methoxy groups -OCH3 is 1. The molecule has 16 heavy (non-hydrogen) atoms. The van der Waals surface area contributed by atoms with Gasteiger partial charge in [0.15, 0.2) is 5.78 Å². The van der Waals surface area contributed by atoms with E-state index in [0.717, 1.165) is 6.42 Å². The average Bonchev–Trinajstić information content (AvgIpc) is 2.29. The van der Waals surface area contributed by atoms with E-state index in [-0.39, 0.29) is 12.4 Å². The lowest BCUT2D eigenvalue weighted by Gasteiger charge is -2.04. The van der Waals surface area contributed by atoms with Gasteiger partial charge in [-0.15, -0.1) is 0 Å². The van der Waals surface area contributed by atoms with Gasteiger partial charge in [0.25, 0.3) is 0 Å². The molecule has 1 rings (SSSR count). The van der Waals surface area contributed by atoms with Crippen molar-refractivity contribution in [3.63, 3.8) is 0 Å². The summed E-state index contributed by atoms with van der Waals surface area (Å²) in [6, 6.07) is 6.96. The van der Waals surface area contributed by atoms with Crippen molar-refractivity contribution in [3.05, 3.63) is 34.9 Å². The van der Waals surface area contributed by atoms with E-state index in [2.05, 4.69) is 0 Å². The van der Waals surface area contributed by atoms with Crippen molar-refractivity contribution >= 4 is 17.4 Å². The predicted molar refractivity (Wildman–Crippen MR) is 63.1 cm³/mol. The zero-order chi connectivity index (χ0) is 11.8. The maximum atomic E-state index is 11.7. The Labute approximate surface area is 100 Å². The van der Waals surface area contributed by atoms with Gasteiger partial charge >= 0.3 is 0 Å². The van der Waals surface area contributed by atoms with Gasteiger partial charge in [0.2, 0.25) is 0 Å². The van der Waals surface area contributed by atoms with Crippen molar-refractivity contribution in [2.75, 3.05) is 26.9 Å². The molecular weight excluding hydrogens is 228 g/mol. The van der Waals surface area contributed by atoms with Crippen LogP contribution >= 0.6 is 11.6 Å². The van der Waals surface area contributed by atoms with Gasteiger partial charge in [0.1, 0.15) is 6.61 Å². The van der Waals surface area contributed by atoms with Gasteiger partial charge in [-0.1, -0.05) is 23.7 Å². The molecule has 0 saturated heterocycles. The molecule has 1 aromatic rings. The predicted octanol–water partition coefficient (Wildman–Crippen LogP) is 2.58. The maximum absolute atomic E-state index is 11.7. The molecule has 0 atom stereocenters. The number of rotatable bonds is 7.